The fourth-order valence-corrected chi connectivity index (χ4v) is 3.37. The first-order valence-electron chi connectivity index (χ1n) is 9.87. The Morgan fingerprint density at radius 1 is 1.12 bits per heavy atom. The molecule has 1 fully saturated rings. The van der Waals surface area contributed by atoms with Crippen molar-refractivity contribution in [2.75, 3.05) is 13.2 Å². The number of halogens is 1. The second-order valence-corrected chi connectivity index (χ2v) is 6.93. The van der Waals surface area contributed by atoms with E-state index in [-0.39, 0.29) is 11.5 Å². The third-order valence-electron chi connectivity index (χ3n) is 4.88. The summed E-state index contributed by atoms with van der Waals surface area (Å²) in [6, 6.07) is 5.30. The predicted octanol–water partition coefficient (Wildman–Crippen LogP) is 4.72. The van der Waals surface area contributed by atoms with Crippen molar-refractivity contribution in [2.45, 2.75) is 70.8 Å². The summed E-state index contributed by atoms with van der Waals surface area (Å²) in [7, 11) is 0. The number of esters is 1. The molecule has 1 aromatic rings. The maximum atomic E-state index is 13.9. The van der Waals surface area contributed by atoms with Gasteiger partial charge in [0.2, 0.25) is 0 Å². The smallest absolute Gasteiger partial charge is 0.328 e. The minimum absolute atomic E-state index is 0.0132. The van der Waals surface area contributed by atoms with Crippen molar-refractivity contribution in [3.05, 3.63) is 35.6 Å². The van der Waals surface area contributed by atoms with Gasteiger partial charge in [-0.25, -0.2) is 9.18 Å². The van der Waals surface area contributed by atoms with Gasteiger partial charge in [-0.05, 0) is 31.4 Å². The number of carbonyl (C=O) groups is 2. The molecule has 1 saturated heterocycles. The molecule has 2 rings (SSSR count). The molecule has 0 spiro atoms. The van der Waals surface area contributed by atoms with Crippen LogP contribution in [0.3, 0.4) is 0 Å². The Labute approximate surface area is 155 Å². The fraction of sp³-hybridized carbons (Fsp3) is 0.619. The van der Waals surface area contributed by atoms with Crippen LogP contribution in [0.4, 0.5) is 4.39 Å². The van der Waals surface area contributed by atoms with E-state index in [0.29, 0.717) is 19.6 Å². The molecule has 1 unspecified atom stereocenters. The van der Waals surface area contributed by atoms with Crippen molar-refractivity contribution >= 4 is 11.9 Å². The zero-order valence-electron chi connectivity index (χ0n) is 15.7. The number of hydrogen-bond donors (Lipinski definition) is 0. The van der Waals surface area contributed by atoms with Gasteiger partial charge in [-0.3, -0.25) is 4.79 Å². The van der Waals surface area contributed by atoms with Gasteiger partial charge in [-0.1, -0.05) is 57.6 Å². The second kappa shape index (κ2) is 10.9. The van der Waals surface area contributed by atoms with Crippen LogP contribution in [0.1, 0.15) is 75.1 Å². The van der Waals surface area contributed by atoms with Crippen LogP contribution in [0.5, 0.6) is 0 Å². The van der Waals surface area contributed by atoms with Gasteiger partial charge in [0.25, 0.3) is 5.91 Å². The van der Waals surface area contributed by atoms with Crippen LogP contribution in [0.2, 0.25) is 0 Å². The van der Waals surface area contributed by atoms with Crippen molar-refractivity contribution in [1.29, 1.82) is 0 Å². The Hall–Kier alpha value is -1.91. The van der Waals surface area contributed by atoms with Crippen molar-refractivity contribution in [2.24, 2.45) is 0 Å². The van der Waals surface area contributed by atoms with Crippen LogP contribution >= 0.6 is 0 Å². The molecule has 0 N–H and O–H groups in total. The number of nitrogens with zero attached hydrogens (tertiary/aromatic N) is 1. The molecule has 0 bridgehead atoms. The molecule has 1 aliphatic rings. The number of amides is 1. The van der Waals surface area contributed by atoms with Gasteiger partial charge < -0.3 is 9.64 Å². The van der Waals surface area contributed by atoms with E-state index in [0.717, 1.165) is 19.3 Å². The average Bonchev–Trinajstić information content (AvgIpc) is 3.13. The molecule has 26 heavy (non-hydrogen) atoms. The van der Waals surface area contributed by atoms with E-state index in [9.17, 15) is 14.0 Å². The zero-order valence-corrected chi connectivity index (χ0v) is 15.7. The van der Waals surface area contributed by atoms with Crippen LogP contribution in [-0.4, -0.2) is 36.0 Å². The normalized spacial score (nSPS) is 16.7. The van der Waals surface area contributed by atoms with E-state index in [1.165, 1.54) is 49.1 Å². The Kier molecular flexibility index (Phi) is 8.59. The van der Waals surface area contributed by atoms with E-state index in [4.69, 9.17) is 4.74 Å². The number of benzene rings is 1. The van der Waals surface area contributed by atoms with Crippen LogP contribution in [0.15, 0.2) is 24.3 Å². The summed E-state index contributed by atoms with van der Waals surface area (Å²) >= 11 is 0. The molecule has 5 heteroatoms. The van der Waals surface area contributed by atoms with E-state index in [2.05, 4.69) is 6.92 Å². The number of unbranched alkanes of at least 4 members (excludes halogenated alkanes) is 6. The lowest BCUT2D eigenvalue weighted by Crippen LogP contribution is -2.41. The fourth-order valence-electron chi connectivity index (χ4n) is 3.37. The first-order valence-corrected chi connectivity index (χ1v) is 9.87. The molecule has 0 aliphatic carbocycles. The number of likely N-dealkylation sites (tertiary alicyclic amines) is 1. The standard InChI is InChI=1S/C21H30FNO3/c1-2-3-4-5-6-7-10-16-26-21(25)19-14-11-15-23(19)20(24)17-12-8-9-13-18(17)22/h8-9,12-13,19H,2-7,10-11,14-16H2,1H3. The van der Waals surface area contributed by atoms with Crippen molar-refractivity contribution < 1.29 is 18.7 Å². The third-order valence-corrected chi connectivity index (χ3v) is 4.88. The van der Waals surface area contributed by atoms with E-state index >= 15 is 0 Å². The molecule has 144 valence electrons. The number of carbonyl (C=O) groups excluding carboxylic acids is 2. The first-order chi connectivity index (χ1) is 12.6. The number of ether oxygens (including phenoxy) is 1. The minimum atomic E-state index is -0.591. The van der Waals surface area contributed by atoms with Crippen LogP contribution in [0, 0.1) is 5.82 Å². The Morgan fingerprint density at radius 3 is 2.54 bits per heavy atom. The van der Waals surface area contributed by atoms with Crippen LogP contribution < -0.4 is 0 Å². The first kappa shape index (κ1) is 20.4. The van der Waals surface area contributed by atoms with Gasteiger partial charge in [-0.2, -0.15) is 0 Å². The molecular formula is C21H30FNO3. The molecule has 0 saturated carbocycles. The molecule has 1 amide bonds. The van der Waals surface area contributed by atoms with E-state index in [1.54, 1.807) is 12.1 Å². The predicted molar refractivity (Wildman–Crippen MR) is 99.4 cm³/mol. The van der Waals surface area contributed by atoms with Crippen molar-refractivity contribution in [3.8, 4) is 0 Å². The van der Waals surface area contributed by atoms with Crippen LogP contribution in [0.25, 0.3) is 0 Å². The minimum Gasteiger partial charge on any atom is -0.464 e. The quantitative estimate of drug-likeness (QED) is 0.446. The molecular weight excluding hydrogens is 333 g/mol. The number of rotatable bonds is 10. The highest BCUT2D eigenvalue weighted by Gasteiger charge is 2.36. The lowest BCUT2D eigenvalue weighted by molar-refractivity contribution is -0.148. The lowest BCUT2D eigenvalue weighted by atomic mass is 10.1. The molecule has 1 heterocycles. The van der Waals surface area contributed by atoms with Crippen molar-refractivity contribution in [3.63, 3.8) is 0 Å². The molecule has 1 atom stereocenters. The summed E-state index contributed by atoms with van der Waals surface area (Å²) in [6.45, 7) is 3.05. The van der Waals surface area contributed by atoms with Gasteiger partial charge in [0.15, 0.2) is 0 Å². The maximum Gasteiger partial charge on any atom is 0.328 e. The van der Waals surface area contributed by atoms with Gasteiger partial charge >= 0.3 is 5.97 Å². The summed E-state index contributed by atoms with van der Waals surface area (Å²) in [5, 5.41) is 0. The second-order valence-electron chi connectivity index (χ2n) is 6.93. The Balaban J connectivity index is 1.76. The van der Waals surface area contributed by atoms with E-state index in [1.807, 2.05) is 0 Å². The summed E-state index contributed by atoms with van der Waals surface area (Å²) in [5.74, 6) is -1.35. The zero-order chi connectivity index (χ0) is 18.8. The molecule has 1 aliphatic heterocycles. The van der Waals surface area contributed by atoms with Crippen LogP contribution in [-0.2, 0) is 9.53 Å². The monoisotopic (exact) mass is 363 g/mol. The number of hydrogen-bond acceptors (Lipinski definition) is 3. The molecule has 1 aromatic carbocycles. The highest BCUT2D eigenvalue weighted by atomic mass is 19.1. The van der Waals surface area contributed by atoms with Gasteiger partial charge in [0, 0.05) is 6.54 Å². The van der Waals surface area contributed by atoms with Gasteiger partial charge in [0.1, 0.15) is 11.9 Å². The van der Waals surface area contributed by atoms with Crippen molar-refractivity contribution in [1.82, 2.24) is 4.90 Å². The SMILES string of the molecule is CCCCCCCCCOC(=O)C1CCCN1C(=O)c1ccccc1F. The summed E-state index contributed by atoms with van der Waals surface area (Å²) < 4.78 is 19.2. The molecule has 4 nitrogen and oxygen atoms in total. The largest absolute Gasteiger partial charge is 0.464 e. The molecule has 0 aromatic heterocycles. The van der Waals surface area contributed by atoms with Gasteiger partial charge in [0.05, 0.1) is 12.2 Å². The summed E-state index contributed by atoms with van der Waals surface area (Å²) in [5.41, 5.74) is 0.0132. The summed E-state index contributed by atoms with van der Waals surface area (Å²) in [6.07, 6.45) is 9.40. The topological polar surface area (TPSA) is 46.6 Å². The van der Waals surface area contributed by atoms with Gasteiger partial charge in [-0.15, -0.1) is 0 Å². The Bertz CT molecular complexity index is 590. The highest BCUT2D eigenvalue weighted by molar-refractivity contribution is 5.97. The highest BCUT2D eigenvalue weighted by Crippen LogP contribution is 2.22. The van der Waals surface area contributed by atoms with E-state index < -0.39 is 17.8 Å². The third kappa shape index (κ3) is 5.82. The molecule has 0 radical (unpaired) electrons. The average molecular weight is 363 g/mol. The maximum absolute atomic E-state index is 13.9. The Morgan fingerprint density at radius 2 is 1.81 bits per heavy atom. The summed E-state index contributed by atoms with van der Waals surface area (Å²) in [4.78, 5) is 26.4. The lowest BCUT2D eigenvalue weighted by Gasteiger charge is -2.23.